The Morgan fingerprint density at radius 1 is 0.933 bits per heavy atom. The Morgan fingerprint density at radius 3 is 2.23 bits per heavy atom. The van der Waals surface area contributed by atoms with Crippen LogP contribution in [0.25, 0.3) is 10.8 Å². The van der Waals surface area contributed by atoms with E-state index in [1.807, 2.05) is 19.1 Å². The summed E-state index contributed by atoms with van der Waals surface area (Å²) < 4.78 is 81.6. The third-order valence-corrected chi connectivity index (χ3v) is 6.07. The summed E-state index contributed by atoms with van der Waals surface area (Å²) in [7, 11) is 0. The van der Waals surface area contributed by atoms with Gasteiger partial charge in [-0.15, -0.1) is 0 Å². The van der Waals surface area contributed by atoms with Crippen molar-refractivity contribution in [3.8, 4) is 0 Å². The number of fused-ring (bicyclic) bond motifs is 3. The molecule has 2 atom stereocenters. The molecule has 4 rings (SSSR count). The first-order valence-corrected chi connectivity index (χ1v) is 9.98. The summed E-state index contributed by atoms with van der Waals surface area (Å²) in [5, 5.41) is 1.59. The topological polar surface area (TPSA) is 0 Å². The molecule has 0 heterocycles. The Bertz CT molecular complexity index is 1080. The molecular weight excluding hydrogens is 402 g/mol. The molecule has 3 aromatic carbocycles. The van der Waals surface area contributed by atoms with Gasteiger partial charge in [0.1, 0.15) is 23.0 Å². The lowest BCUT2D eigenvalue weighted by atomic mass is 9.69. The van der Waals surface area contributed by atoms with E-state index in [4.69, 9.17) is 0 Å². The predicted molar refractivity (Wildman–Crippen MR) is 104 cm³/mol. The molecule has 0 nitrogen and oxygen atoms in total. The minimum Gasteiger partial charge on any atom is -0.207 e. The summed E-state index contributed by atoms with van der Waals surface area (Å²) in [6.07, 6.45) is -2.10. The smallest absolute Gasteiger partial charge is 0.207 e. The highest BCUT2D eigenvalue weighted by molar-refractivity contribution is 5.87. The van der Waals surface area contributed by atoms with Crippen molar-refractivity contribution in [2.75, 3.05) is 0 Å². The number of halogens is 6. The monoisotopic (exact) mass is 422 g/mol. The Morgan fingerprint density at radius 2 is 1.60 bits per heavy atom. The summed E-state index contributed by atoms with van der Waals surface area (Å²) in [5.41, 5.74) is 0.0180. The summed E-state index contributed by atoms with van der Waals surface area (Å²) in [5.74, 6) is -4.01. The van der Waals surface area contributed by atoms with Crippen molar-refractivity contribution in [3.63, 3.8) is 0 Å². The molecule has 1 aliphatic carbocycles. The van der Waals surface area contributed by atoms with Crippen LogP contribution in [-0.4, -0.2) is 0 Å². The Kier molecular flexibility index (Phi) is 5.28. The van der Waals surface area contributed by atoms with E-state index in [-0.39, 0.29) is 17.3 Å². The molecular formula is C24H20F6. The molecule has 0 fully saturated rings. The van der Waals surface area contributed by atoms with Crippen LogP contribution in [0.1, 0.15) is 54.4 Å². The number of hydrogen-bond acceptors (Lipinski definition) is 0. The summed E-state index contributed by atoms with van der Waals surface area (Å²) in [6, 6.07) is 9.79. The van der Waals surface area contributed by atoms with Crippen molar-refractivity contribution >= 4 is 10.8 Å². The third kappa shape index (κ3) is 3.57. The van der Waals surface area contributed by atoms with Crippen LogP contribution >= 0.6 is 0 Å². The number of alkyl halides is 3. The Hall–Kier alpha value is -2.50. The van der Waals surface area contributed by atoms with Gasteiger partial charge in [0, 0.05) is 5.92 Å². The quantitative estimate of drug-likeness (QED) is 0.378. The van der Waals surface area contributed by atoms with Gasteiger partial charge in [0.05, 0.1) is 0 Å². The molecule has 0 saturated carbocycles. The maximum Gasteiger partial charge on any atom is 0.422 e. The molecule has 0 spiro atoms. The van der Waals surface area contributed by atoms with Crippen LogP contribution in [0.3, 0.4) is 0 Å². The van der Waals surface area contributed by atoms with Gasteiger partial charge in [0.15, 0.2) is 0 Å². The minimum absolute atomic E-state index is 0.0315. The van der Waals surface area contributed by atoms with Gasteiger partial charge in [-0.05, 0) is 76.9 Å². The highest BCUT2D eigenvalue weighted by Gasteiger charge is 2.39. The van der Waals surface area contributed by atoms with Gasteiger partial charge in [-0.1, -0.05) is 31.5 Å². The first-order chi connectivity index (χ1) is 14.2. The van der Waals surface area contributed by atoms with Crippen molar-refractivity contribution in [3.05, 3.63) is 82.2 Å². The zero-order chi connectivity index (χ0) is 21.6. The zero-order valence-corrected chi connectivity index (χ0v) is 16.3. The lowest BCUT2D eigenvalue weighted by Crippen LogP contribution is -2.23. The van der Waals surface area contributed by atoms with Crippen molar-refractivity contribution in [1.29, 1.82) is 0 Å². The van der Waals surface area contributed by atoms with Crippen molar-refractivity contribution in [2.45, 2.75) is 44.7 Å². The van der Waals surface area contributed by atoms with E-state index < -0.39 is 29.3 Å². The van der Waals surface area contributed by atoms with Crippen LogP contribution in [0, 0.1) is 23.4 Å². The van der Waals surface area contributed by atoms with Crippen LogP contribution in [0.15, 0.2) is 42.5 Å². The van der Waals surface area contributed by atoms with Gasteiger partial charge in [0.25, 0.3) is 0 Å². The van der Waals surface area contributed by atoms with Crippen molar-refractivity contribution in [2.24, 2.45) is 5.92 Å². The average Bonchev–Trinajstić information content (AvgIpc) is 2.66. The largest absolute Gasteiger partial charge is 0.422 e. The molecule has 2 unspecified atom stereocenters. The van der Waals surface area contributed by atoms with Gasteiger partial charge in [-0.25, -0.2) is 13.2 Å². The molecule has 0 radical (unpaired) electrons. The maximum absolute atomic E-state index is 14.3. The van der Waals surface area contributed by atoms with Crippen molar-refractivity contribution < 1.29 is 26.3 Å². The molecule has 3 aromatic rings. The molecule has 158 valence electrons. The molecule has 30 heavy (non-hydrogen) atoms. The number of rotatable bonds is 3. The summed E-state index contributed by atoms with van der Waals surface area (Å²) >= 11 is 0. The number of aryl methyl sites for hydroxylation is 1. The lowest BCUT2D eigenvalue weighted by Gasteiger charge is -2.35. The second kappa shape index (κ2) is 7.64. The lowest BCUT2D eigenvalue weighted by molar-refractivity contribution is -0.142. The predicted octanol–water partition coefficient (Wildman–Crippen LogP) is 7.77. The second-order valence-electron chi connectivity index (χ2n) is 7.92. The fraction of sp³-hybridized carbons (Fsp3) is 0.333. The van der Waals surface area contributed by atoms with Crippen LogP contribution < -0.4 is 0 Å². The minimum atomic E-state index is -5.10. The van der Waals surface area contributed by atoms with E-state index in [0.717, 1.165) is 46.9 Å². The standard InChI is InChI=1S/C24H20F6/c1-2-3-14-6-8-17-18(9-5-13-4-7-16(25)12-19(13)17)22(14)15-10-20(26)23(21(27)11-15)24(28,29)30/h4-5,7,9-12,14,22H,2-3,6,8H2,1H3. The number of benzene rings is 3. The van der Waals surface area contributed by atoms with E-state index in [0.29, 0.717) is 12.8 Å². The molecule has 0 bridgehead atoms. The van der Waals surface area contributed by atoms with Crippen LogP contribution in [0.2, 0.25) is 0 Å². The molecule has 0 amide bonds. The SMILES string of the molecule is CCCC1CCc2c(ccc3ccc(F)cc23)C1c1cc(F)c(C(F)(F)F)c(F)c1. The third-order valence-electron chi connectivity index (χ3n) is 6.07. The van der Waals surface area contributed by atoms with E-state index in [2.05, 4.69) is 0 Å². The van der Waals surface area contributed by atoms with Crippen LogP contribution in [-0.2, 0) is 12.6 Å². The normalized spacial score (nSPS) is 19.2. The number of hydrogen-bond donors (Lipinski definition) is 0. The molecule has 0 aliphatic heterocycles. The molecule has 1 aliphatic rings. The van der Waals surface area contributed by atoms with Crippen LogP contribution in [0.4, 0.5) is 26.3 Å². The molecule has 0 aromatic heterocycles. The summed E-state index contributed by atoms with van der Waals surface area (Å²) in [4.78, 5) is 0. The second-order valence-corrected chi connectivity index (χ2v) is 7.92. The van der Waals surface area contributed by atoms with Gasteiger partial charge in [0.2, 0.25) is 0 Å². The highest BCUT2D eigenvalue weighted by atomic mass is 19.4. The summed E-state index contributed by atoms with van der Waals surface area (Å²) in [6.45, 7) is 2.00. The van der Waals surface area contributed by atoms with E-state index in [1.54, 1.807) is 6.07 Å². The van der Waals surface area contributed by atoms with Gasteiger partial charge in [-0.2, -0.15) is 13.2 Å². The fourth-order valence-corrected chi connectivity index (χ4v) is 4.87. The molecule has 0 saturated heterocycles. The molecule has 0 N–H and O–H groups in total. The van der Waals surface area contributed by atoms with E-state index in [9.17, 15) is 26.3 Å². The molecule has 6 heteroatoms. The van der Waals surface area contributed by atoms with Crippen molar-refractivity contribution in [1.82, 2.24) is 0 Å². The van der Waals surface area contributed by atoms with Gasteiger partial charge < -0.3 is 0 Å². The fourth-order valence-electron chi connectivity index (χ4n) is 4.87. The van der Waals surface area contributed by atoms with Crippen LogP contribution in [0.5, 0.6) is 0 Å². The Labute approximate surface area is 170 Å². The maximum atomic E-state index is 14.3. The highest BCUT2D eigenvalue weighted by Crippen LogP contribution is 2.46. The van der Waals surface area contributed by atoms with Gasteiger partial charge >= 0.3 is 6.18 Å². The zero-order valence-electron chi connectivity index (χ0n) is 16.3. The van der Waals surface area contributed by atoms with Gasteiger partial charge in [-0.3, -0.25) is 0 Å². The average molecular weight is 422 g/mol. The first kappa shape index (κ1) is 20.8. The van der Waals surface area contributed by atoms with E-state index in [1.165, 1.54) is 12.1 Å². The van der Waals surface area contributed by atoms with E-state index >= 15 is 0 Å². The Balaban J connectivity index is 1.92. The first-order valence-electron chi connectivity index (χ1n) is 9.98.